The topological polar surface area (TPSA) is 39.2 Å². The summed E-state index contributed by atoms with van der Waals surface area (Å²) in [6, 6.07) is 1.55. The van der Waals surface area contributed by atoms with Crippen molar-refractivity contribution in [1.29, 1.82) is 0 Å². The number of nitrogens with zero attached hydrogens (tertiary/aromatic N) is 1. The first kappa shape index (κ1) is 12.5. The van der Waals surface area contributed by atoms with Crippen molar-refractivity contribution in [3.63, 3.8) is 0 Å². The first-order valence-corrected chi connectivity index (χ1v) is 4.94. The van der Waals surface area contributed by atoms with Crippen LogP contribution in [0.25, 0.3) is 0 Å². The lowest BCUT2D eigenvalue weighted by Gasteiger charge is -2.09. The second-order valence-corrected chi connectivity index (χ2v) is 3.26. The zero-order valence-corrected chi connectivity index (χ0v) is 9.17. The Hall–Kier alpha value is -1.52. The van der Waals surface area contributed by atoms with Gasteiger partial charge in [0.05, 0.1) is 13.0 Å². The standard InChI is InChI=1S/C11H13F2NO2/c1-3-16-9(15)6-8-4-5-14-10(7(8)2)11(12)13/h4-5,11H,3,6H2,1-2H3. The Bertz CT molecular complexity index is 380. The van der Waals surface area contributed by atoms with Crippen molar-refractivity contribution in [3.05, 3.63) is 29.1 Å². The monoisotopic (exact) mass is 229 g/mol. The van der Waals surface area contributed by atoms with Crippen molar-refractivity contribution in [2.75, 3.05) is 6.61 Å². The van der Waals surface area contributed by atoms with Crippen LogP contribution in [0.5, 0.6) is 0 Å². The van der Waals surface area contributed by atoms with E-state index in [0.717, 1.165) is 0 Å². The summed E-state index contributed by atoms with van der Waals surface area (Å²) < 4.78 is 29.8. The van der Waals surface area contributed by atoms with E-state index in [0.29, 0.717) is 11.1 Å². The quantitative estimate of drug-likeness (QED) is 0.744. The number of pyridine rings is 1. The molecule has 0 aliphatic carbocycles. The van der Waals surface area contributed by atoms with Crippen LogP contribution >= 0.6 is 0 Å². The molecule has 1 heterocycles. The fourth-order valence-electron chi connectivity index (χ4n) is 1.37. The van der Waals surface area contributed by atoms with Gasteiger partial charge < -0.3 is 4.74 Å². The lowest BCUT2D eigenvalue weighted by Crippen LogP contribution is -2.10. The Kier molecular flexibility index (Phi) is 4.34. The van der Waals surface area contributed by atoms with Crippen molar-refractivity contribution in [3.8, 4) is 0 Å². The number of aromatic nitrogens is 1. The maximum atomic E-state index is 12.5. The van der Waals surface area contributed by atoms with Gasteiger partial charge in [0, 0.05) is 6.20 Å². The molecule has 0 saturated heterocycles. The number of alkyl halides is 2. The third-order valence-electron chi connectivity index (χ3n) is 2.20. The van der Waals surface area contributed by atoms with Crippen molar-refractivity contribution >= 4 is 5.97 Å². The average Bonchev–Trinajstić information content (AvgIpc) is 2.21. The fraction of sp³-hybridized carbons (Fsp3) is 0.455. The molecule has 0 amide bonds. The highest BCUT2D eigenvalue weighted by atomic mass is 19.3. The van der Waals surface area contributed by atoms with E-state index in [9.17, 15) is 13.6 Å². The Morgan fingerprint density at radius 3 is 2.81 bits per heavy atom. The summed E-state index contributed by atoms with van der Waals surface area (Å²) in [5, 5.41) is 0. The third-order valence-corrected chi connectivity index (χ3v) is 2.20. The molecule has 0 aliphatic rings. The van der Waals surface area contributed by atoms with E-state index < -0.39 is 12.4 Å². The van der Waals surface area contributed by atoms with Gasteiger partial charge in [0.25, 0.3) is 6.43 Å². The number of hydrogen-bond acceptors (Lipinski definition) is 3. The molecule has 0 N–H and O–H groups in total. The Balaban J connectivity index is 2.89. The van der Waals surface area contributed by atoms with Gasteiger partial charge in [-0.15, -0.1) is 0 Å². The molecular formula is C11H13F2NO2. The molecular weight excluding hydrogens is 216 g/mol. The molecule has 0 aliphatic heterocycles. The molecule has 0 radical (unpaired) electrons. The number of esters is 1. The summed E-state index contributed by atoms with van der Waals surface area (Å²) in [7, 11) is 0. The van der Waals surface area contributed by atoms with Gasteiger partial charge in [-0.2, -0.15) is 0 Å². The number of carbonyl (C=O) groups excluding carboxylic acids is 1. The SMILES string of the molecule is CCOC(=O)Cc1ccnc(C(F)F)c1C. The maximum Gasteiger partial charge on any atom is 0.310 e. The van der Waals surface area contributed by atoms with Crippen LogP contribution < -0.4 is 0 Å². The van der Waals surface area contributed by atoms with Crippen LogP contribution in [0.3, 0.4) is 0 Å². The molecule has 0 aromatic carbocycles. The Morgan fingerprint density at radius 1 is 1.56 bits per heavy atom. The smallest absolute Gasteiger partial charge is 0.310 e. The zero-order valence-electron chi connectivity index (χ0n) is 9.17. The van der Waals surface area contributed by atoms with Crippen molar-refractivity contribution < 1.29 is 18.3 Å². The minimum Gasteiger partial charge on any atom is -0.466 e. The van der Waals surface area contributed by atoms with Gasteiger partial charge >= 0.3 is 5.97 Å². The van der Waals surface area contributed by atoms with Crippen LogP contribution in [-0.4, -0.2) is 17.6 Å². The van der Waals surface area contributed by atoms with E-state index in [-0.39, 0.29) is 18.7 Å². The molecule has 0 fully saturated rings. The normalized spacial score (nSPS) is 10.6. The van der Waals surface area contributed by atoms with Crippen LogP contribution in [0.4, 0.5) is 8.78 Å². The fourth-order valence-corrected chi connectivity index (χ4v) is 1.37. The average molecular weight is 229 g/mol. The zero-order chi connectivity index (χ0) is 12.1. The van der Waals surface area contributed by atoms with E-state index >= 15 is 0 Å². The minimum absolute atomic E-state index is 0.00190. The summed E-state index contributed by atoms with van der Waals surface area (Å²) in [6.45, 7) is 3.51. The summed E-state index contributed by atoms with van der Waals surface area (Å²) in [6.07, 6.45) is -1.34. The summed E-state index contributed by atoms with van der Waals surface area (Å²) in [5.41, 5.74) is 0.608. The van der Waals surface area contributed by atoms with Crippen LogP contribution in [0, 0.1) is 6.92 Å². The van der Waals surface area contributed by atoms with E-state index in [4.69, 9.17) is 4.74 Å². The van der Waals surface area contributed by atoms with Crippen molar-refractivity contribution in [2.24, 2.45) is 0 Å². The van der Waals surface area contributed by atoms with Crippen LogP contribution in [0.1, 0.15) is 30.2 Å². The summed E-state index contributed by atoms with van der Waals surface area (Å²) in [4.78, 5) is 14.8. The van der Waals surface area contributed by atoms with Crippen LogP contribution in [0.15, 0.2) is 12.3 Å². The molecule has 88 valence electrons. The maximum absolute atomic E-state index is 12.5. The molecule has 16 heavy (non-hydrogen) atoms. The number of ether oxygens (including phenoxy) is 1. The van der Waals surface area contributed by atoms with Gasteiger partial charge in [-0.3, -0.25) is 9.78 Å². The molecule has 0 atom stereocenters. The van der Waals surface area contributed by atoms with E-state index in [1.807, 2.05) is 0 Å². The van der Waals surface area contributed by atoms with Gasteiger partial charge in [-0.25, -0.2) is 8.78 Å². The predicted octanol–water partition coefficient (Wildman–Crippen LogP) is 2.43. The summed E-state index contributed by atoms with van der Waals surface area (Å²) in [5.74, 6) is -0.419. The number of carbonyl (C=O) groups is 1. The van der Waals surface area contributed by atoms with Gasteiger partial charge in [0.15, 0.2) is 0 Å². The number of hydrogen-bond donors (Lipinski definition) is 0. The van der Waals surface area contributed by atoms with E-state index in [2.05, 4.69) is 4.98 Å². The Morgan fingerprint density at radius 2 is 2.25 bits per heavy atom. The number of rotatable bonds is 4. The summed E-state index contributed by atoms with van der Waals surface area (Å²) >= 11 is 0. The molecule has 0 spiro atoms. The molecule has 0 unspecified atom stereocenters. The third kappa shape index (κ3) is 2.98. The van der Waals surface area contributed by atoms with Gasteiger partial charge in [-0.05, 0) is 31.0 Å². The van der Waals surface area contributed by atoms with Crippen LogP contribution in [0.2, 0.25) is 0 Å². The number of halogens is 2. The van der Waals surface area contributed by atoms with E-state index in [1.54, 1.807) is 13.0 Å². The Labute approximate surface area is 92.4 Å². The van der Waals surface area contributed by atoms with Crippen LogP contribution in [-0.2, 0) is 16.0 Å². The lowest BCUT2D eigenvalue weighted by molar-refractivity contribution is -0.142. The highest BCUT2D eigenvalue weighted by Gasteiger charge is 2.16. The first-order chi connectivity index (χ1) is 7.56. The van der Waals surface area contributed by atoms with Gasteiger partial charge in [-0.1, -0.05) is 0 Å². The molecule has 0 bridgehead atoms. The van der Waals surface area contributed by atoms with Crippen molar-refractivity contribution in [2.45, 2.75) is 26.7 Å². The molecule has 5 heteroatoms. The van der Waals surface area contributed by atoms with E-state index in [1.165, 1.54) is 13.1 Å². The highest BCUT2D eigenvalue weighted by Crippen LogP contribution is 2.22. The predicted molar refractivity (Wildman–Crippen MR) is 54.3 cm³/mol. The molecule has 1 aromatic rings. The lowest BCUT2D eigenvalue weighted by atomic mass is 10.1. The first-order valence-electron chi connectivity index (χ1n) is 4.94. The molecule has 0 saturated carbocycles. The minimum atomic E-state index is -2.62. The largest absolute Gasteiger partial charge is 0.466 e. The molecule has 3 nitrogen and oxygen atoms in total. The van der Waals surface area contributed by atoms with Gasteiger partial charge in [0.2, 0.25) is 0 Å². The van der Waals surface area contributed by atoms with Crippen molar-refractivity contribution in [1.82, 2.24) is 4.98 Å². The second-order valence-electron chi connectivity index (χ2n) is 3.26. The van der Waals surface area contributed by atoms with Gasteiger partial charge in [0.1, 0.15) is 5.69 Å². The second kappa shape index (κ2) is 5.53. The molecule has 1 rings (SSSR count). The molecule has 1 aromatic heterocycles. The highest BCUT2D eigenvalue weighted by molar-refractivity contribution is 5.73.